The van der Waals surface area contributed by atoms with E-state index in [2.05, 4.69) is 4.72 Å². The van der Waals surface area contributed by atoms with E-state index in [1.165, 1.54) is 11.9 Å². The third kappa shape index (κ3) is 3.98. The normalized spacial score (nSPS) is 22.6. The highest BCUT2D eigenvalue weighted by atomic mass is 35.5. The van der Waals surface area contributed by atoms with Crippen LogP contribution in [-0.4, -0.2) is 51.2 Å². The molecule has 8 heteroatoms. The van der Waals surface area contributed by atoms with Gasteiger partial charge in [-0.3, -0.25) is 4.79 Å². The minimum absolute atomic E-state index is 0.182. The lowest BCUT2D eigenvalue weighted by atomic mass is 10.1. The molecular weight excluding hydrogens is 328 g/mol. The van der Waals surface area contributed by atoms with Crippen molar-refractivity contribution in [2.24, 2.45) is 0 Å². The molecule has 1 heterocycles. The zero-order valence-electron chi connectivity index (χ0n) is 12.5. The summed E-state index contributed by atoms with van der Waals surface area (Å²) in [5.74, 6) is -1.01. The van der Waals surface area contributed by atoms with Crippen LogP contribution in [0.1, 0.15) is 18.6 Å². The van der Waals surface area contributed by atoms with Crippen molar-refractivity contribution in [1.29, 1.82) is 0 Å². The fourth-order valence-electron chi connectivity index (χ4n) is 2.35. The summed E-state index contributed by atoms with van der Waals surface area (Å²) in [6, 6.07) is 7.09. The van der Waals surface area contributed by atoms with Gasteiger partial charge in [-0.2, -0.15) is 0 Å². The fraction of sp³-hybridized carbons (Fsp3) is 0.500. The van der Waals surface area contributed by atoms with E-state index in [9.17, 15) is 13.2 Å². The van der Waals surface area contributed by atoms with E-state index in [0.717, 1.165) is 5.56 Å². The zero-order valence-corrected chi connectivity index (χ0v) is 14.0. The molecule has 0 aromatic heterocycles. The number of benzene rings is 1. The fourth-order valence-corrected chi connectivity index (χ4v) is 3.24. The van der Waals surface area contributed by atoms with Gasteiger partial charge in [0, 0.05) is 10.6 Å². The number of sulfonamides is 1. The van der Waals surface area contributed by atoms with Crippen LogP contribution in [0.25, 0.3) is 0 Å². The molecule has 0 spiro atoms. The molecule has 1 saturated heterocycles. The van der Waals surface area contributed by atoms with Crippen molar-refractivity contribution < 1.29 is 17.9 Å². The highest BCUT2D eigenvalue weighted by molar-refractivity contribution is 7.90. The molecule has 0 aliphatic carbocycles. The highest BCUT2D eigenvalue weighted by Gasteiger charge is 2.32. The maximum absolute atomic E-state index is 12.3. The number of ether oxygens (including phenoxy) is 1. The first-order chi connectivity index (χ1) is 10.3. The van der Waals surface area contributed by atoms with E-state index in [4.69, 9.17) is 16.3 Å². The Morgan fingerprint density at radius 3 is 2.77 bits per heavy atom. The molecule has 1 fully saturated rings. The van der Waals surface area contributed by atoms with Gasteiger partial charge in [0.25, 0.3) is 0 Å². The number of rotatable bonds is 4. The Balaban J connectivity index is 2.15. The third-order valence-electron chi connectivity index (χ3n) is 3.63. The van der Waals surface area contributed by atoms with Gasteiger partial charge in [0.15, 0.2) is 0 Å². The van der Waals surface area contributed by atoms with Crippen LogP contribution in [0.15, 0.2) is 24.3 Å². The Hall–Kier alpha value is -1.15. The zero-order chi connectivity index (χ0) is 16.3. The van der Waals surface area contributed by atoms with Crippen molar-refractivity contribution in [3.05, 3.63) is 34.9 Å². The molecule has 122 valence electrons. The lowest BCUT2D eigenvalue weighted by Crippen LogP contribution is -2.50. The quantitative estimate of drug-likeness (QED) is 0.888. The summed E-state index contributed by atoms with van der Waals surface area (Å²) < 4.78 is 31.0. The first-order valence-corrected chi connectivity index (χ1v) is 8.94. The monoisotopic (exact) mass is 346 g/mol. The van der Waals surface area contributed by atoms with Gasteiger partial charge in [0.05, 0.1) is 19.2 Å². The summed E-state index contributed by atoms with van der Waals surface area (Å²) >= 11 is 6.16. The maximum Gasteiger partial charge on any atom is 0.239 e. The van der Waals surface area contributed by atoms with Crippen molar-refractivity contribution in [2.75, 3.05) is 26.0 Å². The lowest BCUT2D eigenvalue weighted by Gasteiger charge is -2.38. The van der Waals surface area contributed by atoms with Crippen LogP contribution < -0.4 is 4.72 Å². The predicted octanol–water partition coefficient (Wildman–Crippen LogP) is 1.18. The molecule has 1 aromatic rings. The van der Waals surface area contributed by atoms with Gasteiger partial charge in [-0.25, -0.2) is 13.1 Å². The number of nitrogens with one attached hydrogen (secondary N) is 1. The van der Waals surface area contributed by atoms with Crippen LogP contribution in [0, 0.1) is 0 Å². The van der Waals surface area contributed by atoms with Crippen molar-refractivity contribution in [3.63, 3.8) is 0 Å². The van der Waals surface area contributed by atoms with E-state index in [-0.39, 0.29) is 18.7 Å². The molecule has 1 aliphatic rings. The number of morpholine rings is 1. The lowest BCUT2D eigenvalue weighted by molar-refractivity contribution is -0.141. The van der Waals surface area contributed by atoms with Crippen LogP contribution in [0.3, 0.4) is 0 Å². The minimum Gasteiger partial charge on any atom is -0.369 e. The third-order valence-corrected chi connectivity index (χ3v) is 5.22. The summed E-state index contributed by atoms with van der Waals surface area (Å²) in [5, 5.41) is 0.567. The van der Waals surface area contributed by atoms with Crippen LogP contribution in [-0.2, 0) is 19.6 Å². The average Bonchev–Trinajstić information content (AvgIpc) is 2.48. The van der Waals surface area contributed by atoms with E-state index < -0.39 is 21.7 Å². The average molecular weight is 347 g/mol. The Kier molecular flexibility index (Phi) is 5.44. The topological polar surface area (TPSA) is 75.7 Å². The van der Waals surface area contributed by atoms with Gasteiger partial charge in [-0.05, 0) is 20.0 Å². The molecule has 1 aliphatic heterocycles. The molecule has 1 amide bonds. The standard InChI is InChI=1S/C14H19ClN2O4S/c1-10-8-21-13(11-5-3-4-6-12(11)15)7-17(10)14(18)9-22(19,20)16-2/h3-6,10,13,16H,7-9H2,1-2H3/t10-,13-/m0/s1. The highest BCUT2D eigenvalue weighted by Crippen LogP contribution is 2.29. The first kappa shape index (κ1) is 17.2. The maximum atomic E-state index is 12.3. The molecule has 1 N–H and O–H groups in total. The Bertz CT molecular complexity index is 650. The number of halogens is 1. The molecule has 2 rings (SSSR count). The van der Waals surface area contributed by atoms with Gasteiger partial charge in [0.1, 0.15) is 11.9 Å². The molecule has 0 bridgehead atoms. The molecule has 0 radical (unpaired) electrons. The van der Waals surface area contributed by atoms with Gasteiger partial charge >= 0.3 is 0 Å². The molecule has 2 atom stereocenters. The minimum atomic E-state index is -3.59. The second-order valence-electron chi connectivity index (χ2n) is 5.20. The van der Waals surface area contributed by atoms with Gasteiger partial charge in [-0.1, -0.05) is 29.8 Å². The summed E-state index contributed by atoms with van der Waals surface area (Å²) in [6.45, 7) is 2.44. The van der Waals surface area contributed by atoms with E-state index in [1.807, 2.05) is 25.1 Å². The number of amides is 1. The van der Waals surface area contributed by atoms with Gasteiger partial charge in [0.2, 0.25) is 15.9 Å². The van der Waals surface area contributed by atoms with E-state index in [0.29, 0.717) is 11.6 Å². The van der Waals surface area contributed by atoms with Gasteiger partial charge < -0.3 is 9.64 Å². The largest absolute Gasteiger partial charge is 0.369 e. The molecule has 6 nitrogen and oxygen atoms in total. The molecule has 0 saturated carbocycles. The Labute approximate surface area is 135 Å². The van der Waals surface area contributed by atoms with E-state index in [1.54, 1.807) is 6.07 Å². The van der Waals surface area contributed by atoms with Gasteiger partial charge in [-0.15, -0.1) is 0 Å². The number of carbonyl (C=O) groups is 1. The number of hydrogen-bond acceptors (Lipinski definition) is 4. The summed E-state index contributed by atoms with van der Waals surface area (Å²) in [7, 11) is -2.30. The van der Waals surface area contributed by atoms with Crippen molar-refractivity contribution in [2.45, 2.75) is 19.1 Å². The second kappa shape index (κ2) is 6.95. The van der Waals surface area contributed by atoms with E-state index >= 15 is 0 Å². The number of carbonyl (C=O) groups excluding carboxylic acids is 1. The summed E-state index contributed by atoms with van der Waals surface area (Å²) in [5.41, 5.74) is 0.797. The summed E-state index contributed by atoms with van der Waals surface area (Å²) in [6.07, 6.45) is -0.355. The van der Waals surface area contributed by atoms with Crippen molar-refractivity contribution in [3.8, 4) is 0 Å². The van der Waals surface area contributed by atoms with Crippen molar-refractivity contribution in [1.82, 2.24) is 9.62 Å². The Morgan fingerprint density at radius 2 is 2.14 bits per heavy atom. The molecular formula is C14H19ClN2O4S. The second-order valence-corrected chi connectivity index (χ2v) is 7.54. The van der Waals surface area contributed by atoms with Crippen LogP contribution in [0.2, 0.25) is 5.02 Å². The molecule has 22 heavy (non-hydrogen) atoms. The van der Waals surface area contributed by atoms with Crippen LogP contribution in [0.5, 0.6) is 0 Å². The van der Waals surface area contributed by atoms with Crippen LogP contribution >= 0.6 is 11.6 Å². The van der Waals surface area contributed by atoms with Crippen LogP contribution in [0.4, 0.5) is 0 Å². The first-order valence-electron chi connectivity index (χ1n) is 6.91. The Morgan fingerprint density at radius 1 is 1.45 bits per heavy atom. The smallest absolute Gasteiger partial charge is 0.239 e. The SMILES string of the molecule is CNS(=O)(=O)CC(=O)N1C[C@@H](c2ccccc2Cl)OC[C@@H]1C. The molecule has 1 aromatic carbocycles. The number of nitrogens with zero attached hydrogens (tertiary/aromatic N) is 1. The summed E-state index contributed by atoms with van der Waals surface area (Å²) in [4.78, 5) is 13.8. The number of hydrogen-bond donors (Lipinski definition) is 1. The molecule has 0 unspecified atom stereocenters. The predicted molar refractivity (Wildman–Crippen MR) is 84.2 cm³/mol. The van der Waals surface area contributed by atoms with Crippen molar-refractivity contribution >= 4 is 27.5 Å².